The smallest absolute Gasteiger partial charge is 0.167 e. The zero-order valence-corrected chi connectivity index (χ0v) is 8.01. The Morgan fingerprint density at radius 3 is 2.85 bits per heavy atom. The third-order valence-corrected chi connectivity index (χ3v) is 2.35. The predicted molar refractivity (Wildman–Crippen MR) is 51.3 cm³/mol. The number of rotatable bonds is 0. The van der Waals surface area contributed by atoms with Crippen molar-refractivity contribution in [2.24, 2.45) is 0 Å². The summed E-state index contributed by atoms with van der Waals surface area (Å²) in [5.41, 5.74) is 2.63. The molecular formula is C10H13NO2. The van der Waals surface area contributed by atoms with Crippen molar-refractivity contribution in [3.05, 3.63) is 17.2 Å². The predicted octanol–water partition coefficient (Wildman–Crippen LogP) is 2.16. The lowest BCUT2D eigenvalue weighted by Crippen LogP contribution is -2.14. The van der Waals surface area contributed by atoms with Crippen molar-refractivity contribution in [1.82, 2.24) is 0 Å². The van der Waals surface area contributed by atoms with Crippen molar-refractivity contribution in [3.63, 3.8) is 0 Å². The molecule has 3 nitrogen and oxygen atoms in total. The molecule has 0 amide bonds. The highest BCUT2D eigenvalue weighted by molar-refractivity contribution is 5.70. The van der Waals surface area contributed by atoms with Crippen LogP contribution in [0.3, 0.4) is 0 Å². The molecule has 13 heavy (non-hydrogen) atoms. The minimum atomic E-state index is -0.00472. The lowest BCUT2D eigenvalue weighted by Gasteiger charge is -2.06. The van der Waals surface area contributed by atoms with Crippen LogP contribution in [0.5, 0.6) is 11.5 Å². The van der Waals surface area contributed by atoms with Gasteiger partial charge in [0.25, 0.3) is 0 Å². The fourth-order valence-corrected chi connectivity index (χ4v) is 1.63. The number of fused-ring (bicyclic) bond motifs is 1. The number of phenols is 1. The van der Waals surface area contributed by atoms with Gasteiger partial charge in [0.2, 0.25) is 0 Å². The maximum Gasteiger partial charge on any atom is 0.167 e. The first kappa shape index (κ1) is 8.23. The van der Waals surface area contributed by atoms with Gasteiger partial charge in [-0.1, -0.05) is 0 Å². The van der Waals surface area contributed by atoms with Crippen molar-refractivity contribution in [2.75, 3.05) is 5.32 Å². The molecule has 0 aromatic heterocycles. The van der Waals surface area contributed by atoms with Gasteiger partial charge in [0, 0.05) is 5.56 Å². The van der Waals surface area contributed by atoms with Crippen LogP contribution < -0.4 is 10.1 Å². The average Bonchev–Trinajstić information content (AvgIpc) is 2.42. The molecule has 3 heteroatoms. The molecular weight excluding hydrogens is 166 g/mol. The number of nitrogens with one attached hydrogen (secondary N) is 1. The van der Waals surface area contributed by atoms with Crippen LogP contribution in [-0.4, -0.2) is 11.3 Å². The molecule has 0 spiro atoms. The van der Waals surface area contributed by atoms with Crippen molar-refractivity contribution in [1.29, 1.82) is 0 Å². The van der Waals surface area contributed by atoms with Crippen LogP contribution in [-0.2, 0) is 0 Å². The van der Waals surface area contributed by atoms with E-state index in [-0.39, 0.29) is 6.23 Å². The average molecular weight is 179 g/mol. The quantitative estimate of drug-likeness (QED) is 0.641. The van der Waals surface area contributed by atoms with Gasteiger partial charge in [-0.2, -0.15) is 0 Å². The van der Waals surface area contributed by atoms with Gasteiger partial charge in [-0.25, -0.2) is 0 Å². The second-order valence-electron chi connectivity index (χ2n) is 3.44. The van der Waals surface area contributed by atoms with E-state index in [1.165, 1.54) is 0 Å². The standard InChI is InChI=1S/C10H13NO2/c1-5-4-8-9(6(2)10(5)12)11-7(3)13-8/h4,7,11-12H,1-3H3. The summed E-state index contributed by atoms with van der Waals surface area (Å²) >= 11 is 0. The first-order chi connectivity index (χ1) is 6.09. The monoisotopic (exact) mass is 179 g/mol. The second-order valence-corrected chi connectivity index (χ2v) is 3.44. The fraction of sp³-hybridized carbons (Fsp3) is 0.400. The van der Waals surface area contributed by atoms with Gasteiger partial charge in [0.05, 0.1) is 5.69 Å². The van der Waals surface area contributed by atoms with E-state index in [0.29, 0.717) is 5.75 Å². The number of hydrogen-bond acceptors (Lipinski definition) is 3. The molecule has 70 valence electrons. The van der Waals surface area contributed by atoms with Gasteiger partial charge in [0.15, 0.2) is 6.23 Å². The highest BCUT2D eigenvalue weighted by Gasteiger charge is 2.22. The molecule has 0 bridgehead atoms. The number of anilines is 1. The Labute approximate surface area is 77.3 Å². The first-order valence-corrected chi connectivity index (χ1v) is 4.36. The molecule has 2 N–H and O–H groups in total. The summed E-state index contributed by atoms with van der Waals surface area (Å²) < 4.78 is 5.50. The SMILES string of the molecule is Cc1cc2c(c(C)c1O)NC(C)O2. The number of ether oxygens (including phenoxy) is 1. The van der Waals surface area contributed by atoms with Gasteiger partial charge in [-0.05, 0) is 32.4 Å². The fourth-order valence-electron chi connectivity index (χ4n) is 1.63. The van der Waals surface area contributed by atoms with Crippen LogP contribution in [0.4, 0.5) is 5.69 Å². The maximum absolute atomic E-state index is 9.66. The molecule has 1 aliphatic rings. The molecule has 1 aromatic rings. The highest BCUT2D eigenvalue weighted by Crippen LogP contribution is 2.40. The highest BCUT2D eigenvalue weighted by atomic mass is 16.5. The molecule has 2 rings (SSSR count). The lowest BCUT2D eigenvalue weighted by molar-refractivity contribution is 0.274. The van der Waals surface area contributed by atoms with Crippen molar-refractivity contribution in [3.8, 4) is 11.5 Å². The molecule has 1 unspecified atom stereocenters. The Hall–Kier alpha value is -1.38. The number of aromatic hydroxyl groups is 1. The summed E-state index contributed by atoms with van der Waals surface area (Å²) in [5.74, 6) is 1.18. The van der Waals surface area contributed by atoms with Gasteiger partial charge in [0.1, 0.15) is 11.5 Å². The normalized spacial score (nSPS) is 19.2. The summed E-state index contributed by atoms with van der Waals surface area (Å²) in [6, 6.07) is 1.86. The minimum absolute atomic E-state index is 0.00472. The van der Waals surface area contributed by atoms with Crippen LogP contribution in [0.1, 0.15) is 18.1 Å². The summed E-state index contributed by atoms with van der Waals surface area (Å²) in [6.45, 7) is 5.69. The summed E-state index contributed by atoms with van der Waals surface area (Å²) in [6.07, 6.45) is -0.00472. The van der Waals surface area contributed by atoms with E-state index < -0.39 is 0 Å². The zero-order valence-electron chi connectivity index (χ0n) is 8.01. The Kier molecular flexibility index (Phi) is 1.62. The second kappa shape index (κ2) is 2.55. The van der Waals surface area contributed by atoms with Crippen LogP contribution in [0.2, 0.25) is 0 Å². The summed E-state index contributed by atoms with van der Waals surface area (Å²) in [4.78, 5) is 0. The van der Waals surface area contributed by atoms with Crippen molar-refractivity contribution < 1.29 is 9.84 Å². The molecule has 0 saturated heterocycles. The van der Waals surface area contributed by atoms with Crippen LogP contribution >= 0.6 is 0 Å². The third-order valence-electron chi connectivity index (χ3n) is 2.35. The number of benzene rings is 1. The van der Waals surface area contributed by atoms with E-state index in [1.54, 1.807) is 0 Å². The van der Waals surface area contributed by atoms with E-state index in [1.807, 2.05) is 26.8 Å². The maximum atomic E-state index is 9.66. The summed E-state index contributed by atoms with van der Waals surface area (Å²) in [7, 11) is 0. The van der Waals surface area contributed by atoms with Crippen LogP contribution in [0, 0.1) is 13.8 Å². The van der Waals surface area contributed by atoms with Crippen LogP contribution in [0.15, 0.2) is 6.07 Å². The Bertz CT molecular complexity index is 360. The van der Waals surface area contributed by atoms with Crippen molar-refractivity contribution >= 4 is 5.69 Å². The first-order valence-electron chi connectivity index (χ1n) is 4.36. The molecule has 1 atom stereocenters. The van der Waals surface area contributed by atoms with Crippen LogP contribution in [0.25, 0.3) is 0 Å². The van der Waals surface area contributed by atoms with Gasteiger partial charge in [-0.15, -0.1) is 0 Å². The number of aryl methyl sites for hydroxylation is 1. The van der Waals surface area contributed by atoms with Gasteiger partial charge < -0.3 is 15.2 Å². The Morgan fingerprint density at radius 2 is 2.15 bits per heavy atom. The largest absolute Gasteiger partial charge is 0.507 e. The number of phenolic OH excluding ortho intramolecular Hbond substituents is 1. The third kappa shape index (κ3) is 1.11. The van der Waals surface area contributed by atoms with Crippen molar-refractivity contribution in [2.45, 2.75) is 27.0 Å². The summed E-state index contributed by atoms with van der Waals surface area (Å²) in [5, 5.41) is 12.8. The molecule has 1 heterocycles. The lowest BCUT2D eigenvalue weighted by atomic mass is 10.1. The van der Waals surface area contributed by atoms with E-state index in [2.05, 4.69) is 5.32 Å². The van der Waals surface area contributed by atoms with E-state index in [0.717, 1.165) is 22.6 Å². The Morgan fingerprint density at radius 1 is 1.46 bits per heavy atom. The molecule has 0 aliphatic carbocycles. The van der Waals surface area contributed by atoms with Gasteiger partial charge in [-0.3, -0.25) is 0 Å². The van der Waals surface area contributed by atoms with Gasteiger partial charge >= 0.3 is 0 Å². The molecule has 0 radical (unpaired) electrons. The molecule has 0 saturated carbocycles. The zero-order chi connectivity index (χ0) is 9.59. The van der Waals surface area contributed by atoms with E-state index >= 15 is 0 Å². The number of hydrogen-bond donors (Lipinski definition) is 2. The molecule has 1 aromatic carbocycles. The molecule has 0 fully saturated rings. The van der Waals surface area contributed by atoms with E-state index in [9.17, 15) is 5.11 Å². The van der Waals surface area contributed by atoms with E-state index in [4.69, 9.17) is 4.74 Å². The minimum Gasteiger partial charge on any atom is -0.507 e. The topological polar surface area (TPSA) is 41.5 Å². The Balaban J connectivity index is 2.60. The molecule has 1 aliphatic heterocycles.